The number of anilines is 1. The molecule has 4 aromatic rings. The van der Waals surface area contributed by atoms with E-state index in [4.69, 9.17) is 0 Å². The SMILES string of the molecule is CN(Cc1ccn2ncc(-c3ccc(C(F)(F)F)cc3)c2c1)c1ccccc1. The summed E-state index contributed by atoms with van der Waals surface area (Å²) in [6, 6.07) is 19.3. The normalized spacial score (nSPS) is 11.7. The van der Waals surface area contributed by atoms with Gasteiger partial charge in [-0.3, -0.25) is 0 Å². The van der Waals surface area contributed by atoms with Crippen LogP contribution in [0.2, 0.25) is 0 Å². The number of rotatable bonds is 4. The van der Waals surface area contributed by atoms with Crippen LogP contribution < -0.4 is 4.90 Å². The molecule has 0 atom stereocenters. The molecule has 0 amide bonds. The van der Waals surface area contributed by atoms with E-state index < -0.39 is 11.7 Å². The predicted octanol–water partition coefficient (Wildman–Crippen LogP) is 5.66. The Labute approximate surface area is 160 Å². The molecule has 3 nitrogen and oxygen atoms in total. The third-order valence-corrected chi connectivity index (χ3v) is 4.73. The van der Waals surface area contributed by atoms with Gasteiger partial charge in [0.05, 0.1) is 17.3 Å². The highest BCUT2D eigenvalue weighted by Crippen LogP contribution is 2.32. The van der Waals surface area contributed by atoms with E-state index in [2.05, 4.69) is 10.00 Å². The molecule has 142 valence electrons. The molecule has 0 unspecified atom stereocenters. The topological polar surface area (TPSA) is 20.5 Å². The van der Waals surface area contributed by atoms with Gasteiger partial charge < -0.3 is 4.90 Å². The minimum atomic E-state index is -4.34. The number of nitrogens with zero attached hydrogens (tertiary/aromatic N) is 3. The molecule has 0 aliphatic heterocycles. The van der Waals surface area contributed by atoms with Crippen LogP contribution in [0, 0.1) is 0 Å². The molecule has 0 aliphatic carbocycles. The van der Waals surface area contributed by atoms with Crippen molar-refractivity contribution in [3.05, 3.63) is 90.3 Å². The lowest BCUT2D eigenvalue weighted by Crippen LogP contribution is -2.16. The highest BCUT2D eigenvalue weighted by molar-refractivity contribution is 5.80. The van der Waals surface area contributed by atoms with Gasteiger partial charge in [0.15, 0.2) is 0 Å². The molecule has 0 saturated carbocycles. The molecule has 0 N–H and O–H groups in total. The van der Waals surface area contributed by atoms with E-state index in [1.165, 1.54) is 12.1 Å². The van der Waals surface area contributed by atoms with E-state index in [9.17, 15) is 13.2 Å². The first-order valence-corrected chi connectivity index (χ1v) is 8.82. The molecule has 28 heavy (non-hydrogen) atoms. The highest BCUT2D eigenvalue weighted by Gasteiger charge is 2.30. The quantitative estimate of drug-likeness (QED) is 0.455. The maximum absolute atomic E-state index is 12.8. The number of aromatic nitrogens is 2. The zero-order valence-electron chi connectivity index (χ0n) is 15.2. The van der Waals surface area contributed by atoms with Crippen molar-refractivity contribution in [3.63, 3.8) is 0 Å². The molecule has 0 fully saturated rings. The molecule has 0 aliphatic rings. The van der Waals surface area contributed by atoms with Crippen molar-refractivity contribution in [2.45, 2.75) is 12.7 Å². The van der Waals surface area contributed by atoms with Crippen molar-refractivity contribution in [3.8, 4) is 11.1 Å². The standard InChI is InChI=1S/C22H18F3N3/c1-27(19-5-3-2-4-6-19)15-16-11-12-28-21(13-16)20(14-26-28)17-7-9-18(10-8-17)22(23,24)25/h2-14H,15H2,1H3. The Morgan fingerprint density at radius 2 is 1.68 bits per heavy atom. The number of hydrogen-bond donors (Lipinski definition) is 0. The summed E-state index contributed by atoms with van der Waals surface area (Å²) in [6.07, 6.45) is -0.783. The van der Waals surface area contributed by atoms with Crippen LogP contribution in [0.25, 0.3) is 16.6 Å². The van der Waals surface area contributed by atoms with Crippen LogP contribution in [0.15, 0.2) is 79.1 Å². The molecular weight excluding hydrogens is 363 g/mol. The van der Waals surface area contributed by atoms with Crippen LogP contribution in [0.3, 0.4) is 0 Å². The van der Waals surface area contributed by atoms with E-state index in [1.807, 2.05) is 55.7 Å². The van der Waals surface area contributed by atoms with E-state index in [1.54, 1.807) is 10.7 Å². The van der Waals surface area contributed by atoms with Crippen molar-refractivity contribution in [1.29, 1.82) is 0 Å². The molecule has 4 rings (SSSR count). The molecule has 0 spiro atoms. The summed E-state index contributed by atoms with van der Waals surface area (Å²) in [5.74, 6) is 0. The maximum Gasteiger partial charge on any atom is 0.416 e. The van der Waals surface area contributed by atoms with Gasteiger partial charge in [0.2, 0.25) is 0 Å². The van der Waals surface area contributed by atoms with Crippen LogP contribution in [0.5, 0.6) is 0 Å². The van der Waals surface area contributed by atoms with Crippen molar-refractivity contribution in [2.24, 2.45) is 0 Å². The summed E-state index contributed by atoms with van der Waals surface area (Å²) in [7, 11) is 2.02. The van der Waals surface area contributed by atoms with Gasteiger partial charge in [-0.05, 0) is 47.5 Å². The first-order valence-electron chi connectivity index (χ1n) is 8.82. The van der Waals surface area contributed by atoms with Gasteiger partial charge in [-0.1, -0.05) is 30.3 Å². The Bertz CT molecular complexity index is 1080. The molecule has 2 aromatic carbocycles. The second-order valence-corrected chi connectivity index (χ2v) is 6.69. The van der Waals surface area contributed by atoms with Gasteiger partial charge >= 0.3 is 6.18 Å². The lowest BCUT2D eigenvalue weighted by atomic mass is 10.0. The Hall–Kier alpha value is -3.28. The number of alkyl halides is 3. The first-order chi connectivity index (χ1) is 13.4. The average molecular weight is 381 g/mol. The third kappa shape index (κ3) is 3.58. The molecular formula is C22H18F3N3. The molecule has 0 saturated heterocycles. The number of benzene rings is 2. The Morgan fingerprint density at radius 3 is 2.36 bits per heavy atom. The minimum Gasteiger partial charge on any atom is -0.370 e. The van der Waals surface area contributed by atoms with E-state index in [0.29, 0.717) is 12.1 Å². The molecule has 2 aromatic heterocycles. The highest BCUT2D eigenvalue weighted by atomic mass is 19.4. The zero-order chi connectivity index (χ0) is 19.7. The number of pyridine rings is 1. The Balaban J connectivity index is 1.65. The lowest BCUT2D eigenvalue weighted by Gasteiger charge is -2.19. The van der Waals surface area contributed by atoms with Gasteiger partial charge in [0.25, 0.3) is 0 Å². The molecule has 6 heteroatoms. The minimum absolute atomic E-state index is 0.655. The maximum atomic E-state index is 12.8. The summed E-state index contributed by atoms with van der Waals surface area (Å²) in [4.78, 5) is 2.14. The summed E-state index contributed by atoms with van der Waals surface area (Å²) in [5.41, 5.74) is 3.91. The summed E-state index contributed by atoms with van der Waals surface area (Å²) in [6.45, 7) is 0.706. The predicted molar refractivity (Wildman–Crippen MR) is 104 cm³/mol. The van der Waals surface area contributed by atoms with Crippen molar-refractivity contribution in [2.75, 3.05) is 11.9 Å². The summed E-state index contributed by atoms with van der Waals surface area (Å²) in [5, 5.41) is 4.33. The monoisotopic (exact) mass is 381 g/mol. The second kappa shape index (κ2) is 7.03. The number of para-hydroxylation sites is 1. The average Bonchev–Trinajstić information content (AvgIpc) is 3.11. The first kappa shape index (κ1) is 18.1. The second-order valence-electron chi connectivity index (χ2n) is 6.69. The third-order valence-electron chi connectivity index (χ3n) is 4.73. The van der Waals surface area contributed by atoms with Gasteiger partial charge in [-0.2, -0.15) is 18.3 Å². The fraction of sp³-hybridized carbons (Fsp3) is 0.136. The van der Waals surface area contributed by atoms with Crippen LogP contribution in [-0.4, -0.2) is 16.7 Å². The number of hydrogen-bond acceptors (Lipinski definition) is 2. The Morgan fingerprint density at radius 1 is 0.964 bits per heavy atom. The summed E-state index contributed by atoms with van der Waals surface area (Å²) >= 11 is 0. The largest absolute Gasteiger partial charge is 0.416 e. The van der Waals surface area contributed by atoms with Crippen molar-refractivity contribution in [1.82, 2.24) is 9.61 Å². The van der Waals surface area contributed by atoms with Crippen LogP contribution in [-0.2, 0) is 12.7 Å². The van der Waals surface area contributed by atoms with Crippen LogP contribution >= 0.6 is 0 Å². The van der Waals surface area contributed by atoms with Gasteiger partial charge in [0.1, 0.15) is 0 Å². The van der Waals surface area contributed by atoms with Gasteiger partial charge in [-0.25, -0.2) is 4.52 Å². The number of halogens is 3. The van der Waals surface area contributed by atoms with E-state index in [-0.39, 0.29) is 0 Å². The Kier molecular flexibility index (Phi) is 4.55. The lowest BCUT2D eigenvalue weighted by molar-refractivity contribution is -0.137. The molecule has 0 bridgehead atoms. The van der Waals surface area contributed by atoms with Crippen molar-refractivity contribution >= 4 is 11.2 Å². The summed E-state index contributed by atoms with van der Waals surface area (Å²) < 4.78 is 40.2. The molecule has 2 heterocycles. The van der Waals surface area contributed by atoms with Crippen LogP contribution in [0.1, 0.15) is 11.1 Å². The smallest absolute Gasteiger partial charge is 0.370 e. The van der Waals surface area contributed by atoms with Gasteiger partial charge in [0, 0.05) is 31.0 Å². The van der Waals surface area contributed by atoms with Gasteiger partial charge in [-0.15, -0.1) is 0 Å². The van der Waals surface area contributed by atoms with E-state index in [0.717, 1.165) is 34.5 Å². The number of fused-ring (bicyclic) bond motifs is 1. The fourth-order valence-corrected chi connectivity index (χ4v) is 3.23. The zero-order valence-corrected chi connectivity index (χ0v) is 15.2. The van der Waals surface area contributed by atoms with Crippen molar-refractivity contribution < 1.29 is 13.2 Å². The fourth-order valence-electron chi connectivity index (χ4n) is 3.23. The van der Waals surface area contributed by atoms with Crippen LogP contribution in [0.4, 0.5) is 18.9 Å². The van der Waals surface area contributed by atoms with E-state index >= 15 is 0 Å². The molecule has 0 radical (unpaired) electrons.